The van der Waals surface area contributed by atoms with E-state index in [0.29, 0.717) is 37.5 Å². The third kappa shape index (κ3) is 6.37. The molecule has 1 N–H and O–H groups in total. The van der Waals surface area contributed by atoms with E-state index in [-0.39, 0.29) is 30.5 Å². The molecule has 0 spiro atoms. The van der Waals surface area contributed by atoms with Crippen LogP contribution >= 0.6 is 0 Å². The molecular weight excluding hydrogens is 469 g/mol. The van der Waals surface area contributed by atoms with Gasteiger partial charge in [0.1, 0.15) is 0 Å². The smallest absolute Gasteiger partial charge is 0.376 e. The van der Waals surface area contributed by atoms with Crippen LogP contribution in [0.15, 0.2) is 42.5 Å². The Morgan fingerprint density at radius 2 is 1.83 bits per heavy atom. The lowest BCUT2D eigenvalue weighted by Crippen LogP contribution is -2.40. The van der Waals surface area contributed by atoms with Crippen molar-refractivity contribution in [3.63, 3.8) is 0 Å². The minimum Gasteiger partial charge on any atom is -0.376 e. The van der Waals surface area contributed by atoms with Crippen molar-refractivity contribution < 1.29 is 22.8 Å². The van der Waals surface area contributed by atoms with E-state index in [1.54, 1.807) is 12.1 Å². The number of alkyl halides is 3. The highest BCUT2D eigenvalue weighted by Crippen LogP contribution is 2.34. The van der Waals surface area contributed by atoms with Crippen LogP contribution in [0.3, 0.4) is 0 Å². The van der Waals surface area contributed by atoms with E-state index >= 15 is 0 Å². The van der Waals surface area contributed by atoms with Gasteiger partial charge in [-0.3, -0.25) is 9.59 Å². The van der Waals surface area contributed by atoms with Crippen LogP contribution in [-0.2, 0) is 23.9 Å². The SMILES string of the molecule is CN(C)CCN(Cc1ccccc1C(F)(F)F)C(=O)CNc1cccc2c1CCN(CC1CC1)C2=O. The molecular formula is C27H33F3N4O2. The van der Waals surface area contributed by atoms with Crippen LogP contribution in [0.25, 0.3) is 0 Å². The van der Waals surface area contributed by atoms with Crippen LogP contribution < -0.4 is 5.32 Å². The van der Waals surface area contributed by atoms with Gasteiger partial charge in [0.25, 0.3) is 5.91 Å². The first-order chi connectivity index (χ1) is 17.1. The Kier molecular flexibility index (Phi) is 7.88. The van der Waals surface area contributed by atoms with E-state index in [9.17, 15) is 22.8 Å². The third-order valence-corrected chi connectivity index (χ3v) is 6.78. The summed E-state index contributed by atoms with van der Waals surface area (Å²) >= 11 is 0. The number of hydrogen-bond donors (Lipinski definition) is 1. The number of rotatable bonds is 10. The zero-order valence-corrected chi connectivity index (χ0v) is 20.8. The first kappa shape index (κ1) is 26.0. The van der Waals surface area contributed by atoms with Crippen molar-refractivity contribution >= 4 is 17.5 Å². The average Bonchev–Trinajstić information content (AvgIpc) is 3.65. The summed E-state index contributed by atoms with van der Waals surface area (Å²) in [5.74, 6) is 0.337. The summed E-state index contributed by atoms with van der Waals surface area (Å²) in [6.45, 7) is 2.06. The van der Waals surface area contributed by atoms with Gasteiger partial charge >= 0.3 is 6.18 Å². The quantitative estimate of drug-likeness (QED) is 0.531. The highest BCUT2D eigenvalue weighted by Gasteiger charge is 2.34. The fourth-order valence-corrected chi connectivity index (χ4v) is 4.56. The molecule has 1 fully saturated rings. The monoisotopic (exact) mass is 502 g/mol. The van der Waals surface area contributed by atoms with E-state index in [4.69, 9.17) is 0 Å². The molecule has 2 aliphatic rings. The average molecular weight is 503 g/mol. The lowest BCUT2D eigenvalue weighted by atomic mass is 9.96. The molecule has 9 heteroatoms. The molecule has 6 nitrogen and oxygen atoms in total. The number of halogens is 3. The lowest BCUT2D eigenvalue weighted by Gasteiger charge is -2.30. The number of carbonyl (C=O) groups excluding carboxylic acids is 2. The van der Waals surface area contributed by atoms with Crippen molar-refractivity contribution in [2.45, 2.75) is 32.0 Å². The third-order valence-electron chi connectivity index (χ3n) is 6.78. The molecule has 1 saturated carbocycles. The van der Waals surface area contributed by atoms with Crippen LogP contribution in [0.2, 0.25) is 0 Å². The van der Waals surface area contributed by atoms with Crippen LogP contribution in [0.5, 0.6) is 0 Å². The van der Waals surface area contributed by atoms with Crippen LogP contribution in [0, 0.1) is 5.92 Å². The van der Waals surface area contributed by atoms with Gasteiger partial charge in [-0.05, 0) is 68.6 Å². The van der Waals surface area contributed by atoms with Crippen molar-refractivity contribution in [3.05, 3.63) is 64.7 Å². The molecule has 0 saturated heterocycles. The Morgan fingerprint density at radius 1 is 1.08 bits per heavy atom. The molecule has 0 aromatic heterocycles. The minimum atomic E-state index is -4.49. The summed E-state index contributed by atoms with van der Waals surface area (Å²) in [6.07, 6.45) is -1.43. The Labute approximate surface area is 210 Å². The summed E-state index contributed by atoms with van der Waals surface area (Å²) in [6, 6.07) is 10.8. The number of nitrogens with one attached hydrogen (secondary N) is 1. The summed E-state index contributed by atoms with van der Waals surface area (Å²) in [5, 5.41) is 3.16. The number of nitrogens with zero attached hydrogens (tertiary/aromatic N) is 3. The summed E-state index contributed by atoms with van der Waals surface area (Å²) in [7, 11) is 3.70. The van der Waals surface area contributed by atoms with Crippen LogP contribution in [0.4, 0.5) is 18.9 Å². The maximum Gasteiger partial charge on any atom is 0.416 e. The van der Waals surface area contributed by atoms with Crippen LogP contribution in [0.1, 0.15) is 39.9 Å². The van der Waals surface area contributed by atoms with Crippen molar-refractivity contribution in [1.29, 1.82) is 0 Å². The van der Waals surface area contributed by atoms with E-state index in [1.165, 1.54) is 29.9 Å². The molecule has 0 bridgehead atoms. The van der Waals surface area contributed by atoms with Gasteiger partial charge in [-0.25, -0.2) is 0 Å². The van der Waals surface area contributed by atoms with Gasteiger partial charge in [0.15, 0.2) is 0 Å². The molecule has 0 radical (unpaired) electrons. The number of carbonyl (C=O) groups is 2. The topological polar surface area (TPSA) is 55.9 Å². The normalized spacial score (nSPS) is 15.7. The zero-order valence-electron chi connectivity index (χ0n) is 20.8. The minimum absolute atomic E-state index is 0.0227. The second-order valence-electron chi connectivity index (χ2n) is 9.90. The van der Waals surface area contributed by atoms with Gasteiger partial charge in [0, 0.05) is 44.0 Å². The first-order valence-electron chi connectivity index (χ1n) is 12.4. The van der Waals surface area contributed by atoms with E-state index in [0.717, 1.165) is 23.9 Å². The molecule has 2 aromatic rings. The summed E-state index contributed by atoms with van der Waals surface area (Å²) in [4.78, 5) is 31.4. The van der Waals surface area contributed by atoms with Gasteiger partial charge in [-0.2, -0.15) is 13.2 Å². The molecule has 1 aliphatic carbocycles. The molecule has 2 amide bonds. The van der Waals surface area contributed by atoms with Gasteiger partial charge in [0.2, 0.25) is 5.91 Å². The highest BCUT2D eigenvalue weighted by molar-refractivity contribution is 5.98. The molecule has 0 unspecified atom stereocenters. The highest BCUT2D eigenvalue weighted by atomic mass is 19.4. The zero-order chi connectivity index (χ0) is 25.9. The number of likely N-dealkylation sites (N-methyl/N-ethyl adjacent to an activating group) is 1. The fourth-order valence-electron chi connectivity index (χ4n) is 4.56. The number of amides is 2. The van der Waals surface area contributed by atoms with Crippen LogP contribution in [-0.4, -0.2) is 73.3 Å². The fraction of sp³-hybridized carbons (Fsp3) is 0.481. The second-order valence-corrected chi connectivity index (χ2v) is 9.90. The molecule has 1 aliphatic heterocycles. The molecule has 2 aromatic carbocycles. The maximum atomic E-state index is 13.5. The molecule has 194 valence electrons. The number of anilines is 1. The van der Waals surface area contributed by atoms with Gasteiger partial charge in [0.05, 0.1) is 12.1 Å². The van der Waals surface area contributed by atoms with Crippen molar-refractivity contribution in [2.75, 3.05) is 52.1 Å². The molecule has 4 rings (SSSR count). The molecule has 36 heavy (non-hydrogen) atoms. The first-order valence-corrected chi connectivity index (χ1v) is 12.4. The van der Waals surface area contributed by atoms with Crippen molar-refractivity contribution in [1.82, 2.24) is 14.7 Å². The van der Waals surface area contributed by atoms with E-state index < -0.39 is 11.7 Å². The van der Waals surface area contributed by atoms with E-state index in [2.05, 4.69) is 5.32 Å². The number of benzene rings is 2. The molecule has 0 atom stereocenters. The Hall–Kier alpha value is -3.07. The summed E-state index contributed by atoms with van der Waals surface area (Å²) in [5.41, 5.74) is 1.61. The number of hydrogen-bond acceptors (Lipinski definition) is 4. The summed E-state index contributed by atoms with van der Waals surface area (Å²) < 4.78 is 40.6. The van der Waals surface area contributed by atoms with Gasteiger partial charge in [-0.1, -0.05) is 24.3 Å². The molecule has 1 heterocycles. The number of fused-ring (bicyclic) bond motifs is 1. The Balaban J connectivity index is 1.47. The van der Waals surface area contributed by atoms with E-state index in [1.807, 2.05) is 36.0 Å². The predicted molar refractivity (Wildman–Crippen MR) is 133 cm³/mol. The maximum absolute atomic E-state index is 13.5. The Bertz CT molecular complexity index is 1100. The van der Waals surface area contributed by atoms with Gasteiger partial charge < -0.3 is 20.0 Å². The lowest BCUT2D eigenvalue weighted by molar-refractivity contribution is -0.139. The van der Waals surface area contributed by atoms with Crippen molar-refractivity contribution in [3.8, 4) is 0 Å². The van der Waals surface area contributed by atoms with Crippen molar-refractivity contribution in [2.24, 2.45) is 5.92 Å². The largest absolute Gasteiger partial charge is 0.416 e. The Morgan fingerprint density at radius 3 is 2.53 bits per heavy atom. The van der Waals surface area contributed by atoms with Gasteiger partial charge in [-0.15, -0.1) is 0 Å². The second kappa shape index (κ2) is 10.9. The predicted octanol–water partition coefficient (Wildman–Crippen LogP) is 4.12. The standard InChI is InChI=1S/C27H33F3N4O2/c1-32(2)14-15-33(18-20-6-3-4-8-23(20)27(28,29)30)25(35)16-31-24-9-5-7-22-21(24)12-13-34(26(22)36)17-19-10-11-19/h3-9,19,31H,10-18H2,1-2H3.